The SMILES string of the molecule is O=C(CCCCc1ccc2c(n1)CCNC2)NCCC(NC(=O)C1=Nc2ccccc2C1=S(=O)=O)C(=O)O. The average Bonchev–Trinajstić information content (AvgIpc) is 3.30. The van der Waals surface area contributed by atoms with Crippen LogP contribution in [-0.2, 0) is 44.1 Å². The number of amides is 2. The lowest BCUT2D eigenvalue weighted by Crippen LogP contribution is -2.47. The van der Waals surface area contributed by atoms with Crippen LogP contribution in [0.4, 0.5) is 5.69 Å². The van der Waals surface area contributed by atoms with Gasteiger partial charge in [-0.1, -0.05) is 24.3 Å². The number of benzene rings is 1. The Balaban J connectivity index is 1.21. The van der Waals surface area contributed by atoms with Gasteiger partial charge in [0.15, 0.2) is 5.71 Å². The number of aliphatic imine (C=N–C) groups is 1. The van der Waals surface area contributed by atoms with Crippen molar-refractivity contribution in [3.8, 4) is 0 Å². The van der Waals surface area contributed by atoms with Crippen LogP contribution in [0, 0.1) is 0 Å². The van der Waals surface area contributed by atoms with Gasteiger partial charge in [0.25, 0.3) is 5.91 Å². The van der Waals surface area contributed by atoms with E-state index < -0.39 is 28.2 Å². The van der Waals surface area contributed by atoms with E-state index in [0.717, 1.165) is 43.7 Å². The van der Waals surface area contributed by atoms with E-state index in [4.69, 9.17) is 4.98 Å². The van der Waals surface area contributed by atoms with Gasteiger partial charge in [0, 0.05) is 49.4 Å². The molecular weight excluding hydrogens is 510 g/mol. The minimum absolute atomic E-state index is 0.0350. The molecule has 0 aliphatic carbocycles. The van der Waals surface area contributed by atoms with Crippen LogP contribution in [0.1, 0.15) is 48.2 Å². The predicted octanol–water partition coefficient (Wildman–Crippen LogP) is 0.702. The lowest BCUT2D eigenvalue weighted by molar-refractivity contribution is -0.141. The number of fused-ring (bicyclic) bond motifs is 2. The largest absolute Gasteiger partial charge is 0.480 e. The van der Waals surface area contributed by atoms with Gasteiger partial charge < -0.3 is 21.1 Å². The van der Waals surface area contributed by atoms with E-state index in [-0.39, 0.29) is 35.0 Å². The number of nitrogens with one attached hydrogen (secondary N) is 3. The van der Waals surface area contributed by atoms with Gasteiger partial charge >= 0.3 is 5.97 Å². The molecular formula is C26H29N5O6S. The smallest absolute Gasteiger partial charge is 0.326 e. The predicted molar refractivity (Wildman–Crippen MR) is 141 cm³/mol. The first-order chi connectivity index (χ1) is 18.3. The minimum atomic E-state index is -2.74. The number of para-hydroxylation sites is 1. The third-order valence-corrected chi connectivity index (χ3v) is 7.15. The number of hydrogen-bond acceptors (Lipinski definition) is 8. The van der Waals surface area contributed by atoms with Gasteiger partial charge in [0.1, 0.15) is 10.9 Å². The van der Waals surface area contributed by atoms with Gasteiger partial charge in [0.05, 0.1) is 5.69 Å². The van der Waals surface area contributed by atoms with Gasteiger partial charge in [-0.2, -0.15) is 8.42 Å². The Morgan fingerprint density at radius 1 is 1.11 bits per heavy atom. The number of aryl methyl sites for hydroxylation is 1. The highest BCUT2D eigenvalue weighted by molar-refractivity contribution is 7.75. The molecule has 0 saturated heterocycles. The van der Waals surface area contributed by atoms with Crippen molar-refractivity contribution in [1.82, 2.24) is 20.9 Å². The second-order valence-corrected chi connectivity index (χ2v) is 9.96. The zero-order chi connectivity index (χ0) is 27.1. The molecule has 11 nitrogen and oxygen atoms in total. The standard InChI is InChI=1S/C26H29N5O6S/c32-22(8-4-1-5-17-10-9-16-15-27-13-11-19(16)29-17)28-14-12-21(26(34)35)31-25(33)23-24(38(36)37)18-6-2-3-7-20(18)30-23/h2-3,6-7,9-10,21,27H,1,4-5,8,11-15H2,(H,28,32)(H,31,33)(H,34,35). The number of aliphatic carboxylic acids is 1. The maximum Gasteiger partial charge on any atom is 0.326 e. The number of carboxylic acids is 1. The molecule has 4 N–H and O–H groups in total. The fourth-order valence-electron chi connectivity index (χ4n) is 4.43. The van der Waals surface area contributed by atoms with E-state index in [9.17, 15) is 27.9 Å². The number of hydrogen-bond donors (Lipinski definition) is 4. The normalized spacial score (nSPS) is 14.6. The summed E-state index contributed by atoms with van der Waals surface area (Å²) < 4.78 is 23.4. The van der Waals surface area contributed by atoms with E-state index in [2.05, 4.69) is 27.0 Å². The molecule has 0 fully saturated rings. The van der Waals surface area contributed by atoms with Gasteiger partial charge in [0.2, 0.25) is 16.2 Å². The molecule has 0 spiro atoms. The number of rotatable bonds is 11. The highest BCUT2D eigenvalue weighted by Crippen LogP contribution is 2.26. The molecule has 2 aliphatic heterocycles. The van der Waals surface area contributed by atoms with Crippen molar-refractivity contribution < 1.29 is 27.9 Å². The fourth-order valence-corrected chi connectivity index (χ4v) is 5.07. The number of carbonyl (C=O) groups is 3. The van der Waals surface area contributed by atoms with Crippen LogP contribution in [0.3, 0.4) is 0 Å². The van der Waals surface area contributed by atoms with E-state index in [1.807, 2.05) is 6.07 Å². The van der Waals surface area contributed by atoms with Crippen molar-refractivity contribution >= 4 is 44.3 Å². The molecule has 1 aromatic carbocycles. The average molecular weight is 540 g/mol. The topological polar surface area (TPSA) is 167 Å². The number of unbranched alkanes of at least 4 members (excludes halogenated alkanes) is 1. The maximum atomic E-state index is 12.7. The van der Waals surface area contributed by atoms with Crippen LogP contribution >= 0.6 is 0 Å². The summed E-state index contributed by atoms with van der Waals surface area (Å²) in [4.78, 5) is 45.1. The molecule has 1 atom stereocenters. The molecule has 2 amide bonds. The summed E-state index contributed by atoms with van der Waals surface area (Å²) in [5, 5.41) is 17.8. The van der Waals surface area contributed by atoms with Crippen LogP contribution in [0.2, 0.25) is 0 Å². The van der Waals surface area contributed by atoms with Crippen LogP contribution in [-0.4, -0.2) is 66.0 Å². The first-order valence-electron chi connectivity index (χ1n) is 12.5. The van der Waals surface area contributed by atoms with Gasteiger partial charge in [-0.3, -0.25) is 14.6 Å². The highest BCUT2D eigenvalue weighted by Gasteiger charge is 2.31. The van der Waals surface area contributed by atoms with E-state index in [1.54, 1.807) is 18.2 Å². The Labute approximate surface area is 221 Å². The molecule has 1 unspecified atom stereocenters. The number of aromatic nitrogens is 1. The highest BCUT2D eigenvalue weighted by atomic mass is 32.2. The molecule has 2 aliphatic rings. The zero-order valence-corrected chi connectivity index (χ0v) is 21.5. The van der Waals surface area contributed by atoms with E-state index in [0.29, 0.717) is 18.5 Å². The van der Waals surface area contributed by atoms with Crippen LogP contribution in [0.15, 0.2) is 41.4 Å². The maximum absolute atomic E-state index is 12.7. The Bertz CT molecular complexity index is 1410. The van der Waals surface area contributed by atoms with E-state index >= 15 is 0 Å². The summed E-state index contributed by atoms with van der Waals surface area (Å²) in [6, 6.07) is 9.15. The Morgan fingerprint density at radius 2 is 1.92 bits per heavy atom. The van der Waals surface area contributed by atoms with Crippen molar-refractivity contribution in [3.05, 3.63) is 58.9 Å². The molecule has 0 bridgehead atoms. The first-order valence-corrected chi connectivity index (χ1v) is 13.5. The molecule has 2 aromatic rings. The lowest BCUT2D eigenvalue weighted by atomic mass is 10.0. The van der Waals surface area contributed by atoms with Crippen molar-refractivity contribution in [3.63, 3.8) is 0 Å². The minimum Gasteiger partial charge on any atom is -0.480 e. The third-order valence-electron chi connectivity index (χ3n) is 6.40. The molecule has 4 rings (SSSR count). The summed E-state index contributed by atoms with van der Waals surface area (Å²) in [7, 11) is -2.74. The Hall–Kier alpha value is -3.90. The van der Waals surface area contributed by atoms with Crippen LogP contribution in [0.25, 0.3) is 0 Å². The molecule has 0 saturated carbocycles. The van der Waals surface area contributed by atoms with Gasteiger partial charge in [-0.25, -0.2) is 9.79 Å². The quantitative estimate of drug-likeness (QED) is 0.239. The van der Waals surface area contributed by atoms with Crippen molar-refractivity contribution in [2.75, 3.05) is 13.1 Å². The van der Waals surface area contributed by atoms with Crippen molar-refractivity contribution in [2.45, 2.75) is 51.1 Å². The van der Waals surface area contributed by atoms with Crippen LogP contribution in [0.5, 0.6) is 0 Å². The number of carboxylic acid groups (broad SMARTS) is 1. The van der Waals surface area contributed by atoms with Gasteiger partial charge in [-0.15, -0.1) is 0 Å². The molecule has 200 valence electrons. The molecule has 12 heteroatoms. The number of pyridine rings is 1. The molecule has 38 heavy (non-hydrogen) atoms. The summed E-state index contributed by atoms with van der Waals surface area (Å²) in [6.45, 7) is 1.81. The number of carbonyl (C=O) groups excluding carboxylic acids is 2. The van der Waals surface area contributed by atoms with Crippen molar-refractivity contribution in [2.24, 2.45) is 4.99 Å². The second-order valence-electron chi connectivity index (χ2n) is 9.09. The summed E-state index contributed by atoms with van der Waals surface area (Å²) in [5.41, 5.74) is 3.62. The Kier molecular flexibility index (Phi) is 8.98. The van der Waals surface area contributed by atoms with Gasteiger partial charge in [-0.05, 0) is 43.4 Å². The molecule has 1 aromatic heterocycles. The number of nitrogens with zero attached hydrogens (tertiary/aromatic N) is 2. The summed E-state index contributed by atoms with van der Waals surface area (Å²) in [5.74, 6) is -2.43. The summed E-state index contributed by atoms with van der Waals surface area (Å²) in [6.07, 6.45) is 3.38. The second kappa shape index (κ2) is 12.6. The lowest BCUT2D eigenvalue weighted by Gasteiger charge is -2.16. The summed E-state index contributed by atoms with van der Waals surface area (Å²) >= 11 is 0. The molecule has 3 heterocycles. The zero-order valence-electron chi connectivity index (χ0n) is 20.7. The molecule has 0 radical (unpaired) electrons. The Morgan fingerprint density at radius 3 is 2.71 bits per heavy atom. The van der Waals surface area contributed by atoms with Crippen LogP contribution < -0.4 is 16.0 Å². The third kappa shape index (κ3) is 6.69. The fraction of sp³-hybridized carbons (Fsp3) is 0.385. The first kappa shape index (κ1) is 27.1. The van der Waals surface area contributed by atoms with E-state index in [1.165, 1.54) is 11.6 Å². The monoisotopic (exact) mass is 539 g/mol. The van der Waals surface area contributed by atoms with Crippen molar-refractivity contribution in [1.29, 1.82) is 0 Å².